The second-order valence-corrected chi connectivity index (χ2v) is 6.10. The molecule has 1 saturated heterocycles. The summed E-state index contributed by atoms with van der Waals surface area (Å²) in [5.74, 6) is 0.950. The number of hydrogen-bond donors (Lipinski definition) is 1. The lowest BCUT2D eigenvalue weighted by atomic mass is 10.2. The van der Waals surface area contributed by atoms with Crippen molar-refractivity contribution < 1.29 is 4.74 Å². The highest BCUT2D eigenvalue weighted by Crippen LogP contribution is 2.33. The minimum absolute atomic E-state index is 0.369. The normalized spacial score (nSPS) is 24.9. The highest BCUT2D eigenvalue weighted by molar-refractivity contribution is 9.10. The molecule has 0 radical (unpaired) electrons. The van der Waals surface area contributed by atoms with Gasteiger partial charge in [-0.1, -0.05) is 22.0 Å². The Morgan fingerprint density at radius 3 is 3.00 bits per heavy atom. The number of benzene rings is 1. The van der Waals surface area contributed by atoms with Crippen LogP contribution in [0.25, 0.3) is 0 Å². The van der Waals surface area contributed by atoms with E-state index in [0.717, 1.165) is 28.9 Å². The maximum atomic E-state index is 5.97. The molecular weight excluding hydrogens is 286 g/mol. The Kier molecular flexibility index (Phi) is 4.16. The van der Waals surface area contributed by atoms with Gasteiger partial charge in [0.2, 0.25) is 0 Å². The van der Waals surface area contributed by atoms with Gasteiger partial charge in [-0.15, -0.1) is 0 Å². The Morgan fingerprint density at radius 2 is 2.38 bits per heavy atom. The lowest BCUT2D eigenvalue weighted by molar-refractivity contribution is 0.127. The van der Waals surface area contributed by atoms with Crippen molar-refractivity contribution in [3.63, 3.8) is 0 Å². The van der Waals surface area contributed by atoms with Crippen molar-refractivity contribution in [1.29, 1.82) is 0 Å². The summed E-state index contributed by atoms with van der Waals surface area (Å²) in [5.41, 5.74) is 8.04. The minimum atomic E-state index is 0.369. The SMILES string of the molecule is CC1OCCC1SCc1c(N)cccc1Br. The van der Waals surface area contributed by atoms with E-state index < -0.39 is 0 Å². The first kappa shape index (κ1) is 12.3. The lowest BCUT2D eigenvalue weighted by Gasteiger charge is -2.15. The molecule has 4 heteroatoms. The fourth-order valence-corrected chi connectivity index (χ4v) is 3.87. The zero-order valence-electron chi connectivity index (χ0n) is 9.28. The molecule has 1 aromatic carbocycles. The molecule has 2 nitrogen and oxygen atoms in total. The molecule has 1 aromatic rings. The quantitative estimate of drug-likeness (QED) is 0.869. The van der Waals surface area contributed by atoms with Gasteiger partial charge in [0, 0.05) is 27.8 Å². The number of hydrogen-bond acceptors (Lipinski definition) is 3. The highest BCUT2D eigenvalue weighted by Gasteiger charge is 2.24. The molecule has 0 saturated carbocycles. The number of halogens is 1. The van der Waals surface area contributed by atoms with Crippen molar-refractivity contribution in [2.75, 3.05) is 12.3 Å². The van der Waals surface area contributed by atoms with Crippen LogP contribution in [-0.2, 0) is 10.5 Å². The highest BCUT2D eigenvalue weighted by atomic mass is 79.9. The van der Waals surface area contributed by atoms with E-state index in [0.29, 0.717) is 11.4 Å². The number of thioether (sulfide) groups is 1. The van der Waals surface area contributed by atoms with E-state index in [4.69, 9.17) is 10.5 Å². The van der Waals surface area contributed by atoms with Gasteiger partial charge in [-0.3, -0.25) is 0 Å². The monoisotopic (exact) mass is 301 g/mol. The predicted molar refractivity (Wildman–Crippen MR) is 73.7 cm³/mol. The molecule has 88 valence electrons. The molecule has 2 N–H and O–H groups in total. The maximum Gasteiger partial charge on any atom is 0.0666 e. The van der Waals surface area contributed by atoms with Gasteiger partial charge in [-0.25, -0.2) is 0 Å². The second-order valence-electron chi connectivity index (χ2n) is 4.02. The third-order valence-corrected chi connectivity index (χ3v) is 5.15. The molecule has 0 aliphatic carbocycles. The van der Waals surface area contributed by atoms with Crippen LogP contribution in [-0.4, -0.2) is 18.0 Å². The van der Waals surface area contributed by atoms with Crippen molar-refractivity contribution >= 4 is 33.4 Å². The van der Waals surface area contributed by atoms with Crippen LogP contribution < -0.4 is 5.73 Å². The molecule has 1 aliphatic rings. The number of rotatable bonds is 3. The van der Waals surface area contributed by atoms with Gasteiger partial charge in [0.05, 0.1) is 6.10 Å². The van der Waals surface area contributed by atoms with E-state index in [1.807, 2.05) is 30.0 Å². The first-order valence-electron chi connectivity index (χ1n) is 5.44. The standard InChI is InChI=1S/C12H16BrNOS/c1-8-12(5-6-15-8)16-7-9-10(13)3-2-4-11(9)14/h2-4,8,12H,5-7,14H2,1H3. The summed E-state index contributed by atoms with van der Waals surface area (Å²) in [6.45, 7) is 3.04. The smallest absolute Gasteiger partial charge is 0.0666 e. The molecule has 2 atom stereocenters. The first-order valence-corrected chi connectivity index (χ1v) is 7.28. The van der Waals surface area contributed by atoms with Crippen LogP contribution in [0.4, 0.5) is 5.69 Å². The van der Waals surface area contributed by atoms with Crippen molar-refractivity contribution in [2.45, 2.75) is 30.5 Å². The van der Waals surface area contributed by atoms with E-state index in [2.05, 4.69) is 22.9 Å². The zero-order chi connectivity index (χ0) is 11.5. The fraction of sp³-hybridized carbons (Fsp3) is 0.500. The number of ether oxygens (including phenoxy) is 1. The Balaban J connectivity index is 1.99. The maximum absolute atomic E-state index is 5.97. The van der Waals surface area contributed by atoms with Gasteiger partial charge < -0.3 is 10.5 Å². The molecule has 1 heterocycles. The van der Waals surface area contributed by atoms with Crippen LogP contribution in [0.15, 0.2) is 22.7 Å². The molecule has 2 rings (SSSR count). The molecule has 0 spiro atoms. The van der Waals surface area contributed by atoms with Gasteiger partial charge in [0.25, 0.3) is 0 Å². The number of nitrogens with two attached hydrogens (primary N) is 1. The third-order valence-electron chi connectivity index (χ3n) is 2.90. The summed E-state index contributed by atoms with van der Waals surface area (Å²) < 4.78 is 6.65. The topological polar surface area (TPSA) is 35.2 Å². The van der Waals surface area contributed by atoms with E-state index in [1.165, 1.54) is 5.56 Å². The fourth-order valence-electron chi connectivity index (χ4n) is 1.85. The average molecular weight is 302 g/mol. The summed E-state index contributed by atoms with van der Waals surface area (Å²) in [6, 6.07) is 5.96. The molecular formula is C12H16BrNOS. The van der Waals surface area contributed by atoms with Crippen LogP contribution >= 0.6 is 27.7 Å². The Morgan fingerprint density at radius 1 is 1.56 bits per heavy atom. The van der Waals surface area contributed by atoms with Crippen LogP contribution in [0.5, 0.6) is 0 Å². The van der Waals surface area contributed by atoms with Crippen molar-refractivity contribution in [3.8, 4) is 0 Å². The van der Waals surface area contributed by atoms with Crippen LogP contribution in [0.3, 0.4) is 0 Å². The average Bonchev–Trinajstić information content (AvgIpc) is 2.64. The van der Waals surface area contributed by atoms with Crippen LogP contribution in [0.2, 0.25) is 0 Å². The summed E-state index contributed by atoms with van der Waals surface area (Å²) in [6.07, 6.45) is 1.52. The largest absolute Gasteiger partial charge is 0.398 e. The minimum Gasteiger partial charge on any atom is -0.398 e. The Hall–Kier alpha value is -0.190. The molecule has 1 aliphatic heterocycles. The second kappa shape index (κ2) is 5.43. The van der Waals surface area contributed by atoms with Crippen molar-refractivity contribution in [1.82, 2.24) is 0 Å². The zero-order valence-corrected chi connectivity index (χ0v) is 11.7. The summed E-state index contributed by atoms with van der Waals surface area (Å²) in [7, 11) is 0. The van der Waals surface area contributed by atoms with E-state index in [1.54, 1.807) is 0 Å². The van der Waals surface area contributed by atoms with Crippen molar-refractivity contribution in [2.24, 2.45) is 0 Å². The number of nitrogen functional groups attached to an aromatic ring is 1. The Labute approximate surface area is 109 Å². The van der Waals surface area contributed by atoms with Gasteiger partial charge in [-0.05, 0) is 31.0 Å². The molecule has 0 aromatic heterocycles. The van der Waals surface area contributed by atoms with E-state index in [-0.39, 0.29) is 0 Å². The predicted octanol–water partition coefficient (Wildman–Crippen LogP) is 3.44. The lowest BCUT2D eigenvalue weighted by Crippen LogP contribution is -2.13. The summed E-state index contributed by atoms with van der Waals surface area (Å²) in [4.78, 5) is 0. The Bertz CT molecular complexity index is 352. The van der Waals surface area contributed by atoms with Gasteiger partial charge in [-0.2, -0.15) is 11.8 Å². The summed E-state index contributed by atoms with van der Waals surface area (Å²) >= 11 is 5.49. The molecule has 16 heavy (non-hydrogen) atoms. The van der Waals surface area contributed by atoms with Crippen LogP contribution in [0, 0.1) is 0 Å². The van der Waals surface area contributed by atoms with Gasteiger partial charge in [0.15, 0.2) is 0 Å². The van der Waals surface area contributed by atoms with Crippen LogP contribution in [0.1, 0.15) is 18.9 Å². The molecule has 2 unspecified atom stereocenters. The molecule has 1 fully saturated rings. The third kappa shape index (κ3) is 2.73. The van der Waals surface area contributed by atoms with Gasteiger partial charge in [0.1, 0.15) is 0 Å². The van der Waals surface area contributed by atoms with Crippen molar-refractivity contribution in [3.05, 3.63) is 28.2 Å². The van der Waals surface area contributed by atoms with E-state index in [9.17, 15) is 0 Å². The molecule has 0 bridgehead atoms. The first-order chi connectivity index (χ1) is 7.68. The van der Waals surface area contributed by atoms with E-state index >= 15 is 0 Å². The molecule has 0 amide bonds. The number of anilines is 1. The summed E-state index contributed by atoms with van der Waals surface area (Å²) in [5, 5.41) is 0.603. The van der Waals surface area contributed by atoms with Gasteiger partial charge >= 0.3 is 0 Å².